The summed E-state index contributed by atoms with van der Waals surface area (Å²) in [6.07, 6.45) is 1.82. The molecule has 0 spiro atoms. The number of carbonyl (C=O) groups excluding carboxylic acids is 1. The molecule has 2 amide bonds. The van der Waals surface area contributed by atoms with Gasteiger partial charge < -0.3 is 35.4 Å². The smallest absolute Gasteiger partial charge is 0.465 e. The first-order chi connectivity index (χ1) is 17.1. The summed E-state index contributed by atoms with van der Waals surface area (Å²) in [4.78, 5) is 31.9. The number of alkyl halides is 3. The minimum Gasteiger partial charge on any atom is -0.465 e. The van der Waals surface area contributed by atoms with Crippen LogP contribution in [0.1, 0.15) is 29.6 Å². The highest BCUT2D eigenvalue weighted by atomic mass is 35.5. The third kappa shape index (κ3) is 6.64. The molecule has 2 fully saturated rings. The van der Waals surface area contributed by atoms with E-state index in [4.69, 9.17) is 11.6 Å². The number of rotatable bonds is 7. The average molecular weight is 526 g/mol. The number of likely N-dealkylation sites (tertiary alicyclic amines) is 1. The topological polar surface area (TPSA) is 127 Å². The normalized spacial score (nSPS) is 18.7. The van der Waals surface area contributed by atoms with Crippen LogP contribution in [0.4, 0.5) is 30.8 Å². The van der Waals surface area contributed by atoms with Crippen LogP contribution in [0.25, 0.3) is 0 Å². The number of amides is 2. The third-order valence-electron chi connectivity index (χ3n) is 6.06. The molecule has 1 aromatic carbocycles. The van der Waals surface area contributed by atoms with E-state index in [0.29, 0.717) is 62.6 Å². The number of aromatic nitrogens is 1. The van der Waals surface area contributed by atoms with Crippen molar-refractivity contribution in [2.45, 2.75) is 37.0 Å². The van der Waals surface area contributed by atoms with Gasteiger partial charge in [-0.05, 0) is 49.6 Å². The Morgan fingerprint density at radius 2 is 1.83 bits per heavy atom. The Bertz CT molecular complexity index is 1090. The summed E-state index contributed by atoms with van der Waals surface area (Å²) in [5.74, 6) is -0.0184. The van der Waals surface area contributed by atoms with Gasteiger partial charge in [-0.1, -0.05) is 0 Å². The molecule has 0 aliphatic carbocycles. The van der Waals surface area contributed by atoms with Crippen LogP contribution in [0, 0.1) is 0 Å². The fourth-order valence-electron chi connectivity index (χ4n) is 4.25. The summed E-state index contributed by atoms with van der Waals surface area (Å²) in [5, 5.41) is 25.2. The maximum atomic E-state index is 12.9. The molecule has 3 heterocycles. The molecule has 2 aliphatic heterocycles. The zero-order chi connectivity index (χ0) is 25.9. The molecule has 1 atom stereocenters. The highest BCUT2D eigenvalue weighted by Crippen LogP contribution is 2.30. The first-order valence-electron chi connectivity index (χ1n) is 11.4. The number of carbonyl (C=O) groups is 2. The second-order valence-electron chi connectivity index (χ2n) is 8.70. The number of halogens is 3. The fraction of sp³-hybridized carbons (Fsp3) is 0.435. The lowest BCUT2D eigenvalue weighted by atomic mass is 10.0. The zero-order valence-corrected chi connectivity index (χ0v) is 19.9. The monoisotopic (exact) mass is 525 g/mol. The van der Waals surface area contributed by atoms with Crippen LogP contribution in [0.2, 0.25) is 0 Å². The molecule has 13 heteroatoms. The van der Waals surface area contributed by atoms with E-state index in [1.54, 1.807) is 6.07 Å². The molecule has 36 heavy (non-hydrogen) atoms. The number of piperidine rings is 1. The summed E-state index contributed by atoms with van der Waals surface area (Å²) in [5.41, 5.74) is -2.61. The number of ether oxygens (including phenoxy) is 1. The molecule has 10 nitrogen and oxygen atoms in total. The number of anilines is 3. The van der Waals surface area contributed by atoms with Crippen LogP contribution in [-0.4, -0.2) is 76.0 Å². The molecule has 2 aliphatic rings. The van der Waals surface area contributed by atoms with Gasteiger partial charge >= 0.3 is 11.7 Å². The quantitative estimate of drug-likeness (QED) is 0.404. The lowest BCUT2D eigenvalue weighted by Crippen LogP contribution is -2.42. The van der Waals surface area contributed by atoms with Crippen molar-refractivity contribution in [1.29, 1.82) is 0 Å². The first kappa shape index (κ1) is 25.7. The van der Waals surface area contributed by atoms with Crippen molar-refractivity contribution in [2.75, 3.05) is 41.7 Å². The van der Waals surface area contributed by atoms with Gasteiger partial charge in [0.1, 0.15) is 5.75 Å². The SMILES string of the molecule is O=C(Nc1ccc(OC(F)(F)Cl)cc1)c1cnc(N2CCC(O)C2)c(NC2CCN(C(=O)O)CC2)c1. The van der Waals surface area contributed by atoms with Crippen molar-refractivity contribution in [1.82, 2.24) is 9.88 Å². The van der Waals surface area contributed by atoms with Crippen LogP contribution in [0.3, 0.4) is 0 Å². The van der Waals surface area contributed by atoms with Crippen molar-refractivity contribution in [3.05, 3.63) is 42.1 Å². The molecule has 4 rings (SSSR count). The van der Waals surface area contributed by atoms with E-state index in [2.05, 4.69) is 20.4 Å². The summed E-state index contributed by atoms with van der Waals surface area (Å²) in [6, 6.07) is 6.96. The summed E-state index contributed by atoms with van der Waals surface area (Å²) in [7, 11) is 0. The van der Waals surface area contributed by atoms with Gasteiger partial charge in [-0.15, -0.1) is 8.78 Å². The first-order valence-corrected chi connectivity index (χ1v) is 11.8. The highest BCUT2D eigenvalue weighted by Gasteiger charge is 2.28. The number of aliphatic hydroxyl groups is 1. The van der Waals surface area contributed by atoms with E-state index >= 15 is 0 Å². The van der Waals surface area contributed by atoms with Gasteiger partial charge in [0.2, 0.25) is 0 Å². The lowest BCUT2D eigenvalue weighted by molar-refractivity contribution is -0.0964. The van der Waals surface area contributed by atoms with E-state index in [-0.39, 0.29) is 17.4 Å². The number of carboxylic acid groups (broad SMARTS) is 1. The lowest BCUT2D eigenvalue weighted by Gasteiger charge is -2.32. The second kappa shape index (κ2) is 10.7. The van der Waals surface area contributed by atoms with E-state index in [1.807, 2.05) is 4.90 Å². The number of hydrogen-bond acceptors (Lipinski definition) is 7. The van der Waals surface area contributed by atoms with Gasteiger partial charge in [0.15, 0.2) is 5.82 Å². The molecule has 0 saturated carbocycles. The molecule has 0 radical (unpaired) electrons. The minimum atomic E-state index is -3.84. The molecule has 1 aromatic heterocycles. The Morgan fingerprint density at radius 3 is 2.42 bits per heavy atom. The molecule has 1 unspecified atom stereocenters. The average Bonchev–Trinajstić information content (AvgIpc) is 3.25. The van der Waals surface area contributed by atoms with Crippen LogP contribution in [0.15, 0.2) is 36.5 Å². The van der Waals surface area contributed by atoms with Gasteiger partial charge in [-0.25, -0.2) is 9.78 Å². The number of nitrogens with zero attached hydrogens (tertiary/aromatic N) is 3. The number of β-amino-alcohol motifs (C(OH)–C–C–N with tert-alkyl or cyclic N) is 1. The predicted molar refractivity (Wildman–Crippen MR) is 129 cm³/mol. The maximum Gasteiger partial charge on any atom is 0.487 e. The van der Waals surface area contributed by atoms with E-state index in [9.17, 15) is 28.6 Å². The van der Waals surface area contributed by atoms with Gasteiger partial charge in [0, 0.05) is 55.7 Å². The van der Waals surface area contributed by atoms with Crippen molar-refractivity contribution in [2.24, 2.45) is 0 Å². The maximum absolute atomic E-state index is 12.9. The van der Waals surface area contributed by atoms with Gasteiger partial charge in [0.05, 0.1) is 17.4 Å². The third-order valence-corrected chi connectivity index (χ3v) is 6.14. The van der Waals surface area contributed by atoms with Crippen molar-refractivity contribution in [3.63, 3.8) is 0 Å². The molecule has 0 bridgehead atoms. The molecular weight excluding hydrogens is 500 g/mol. The van der Waals surface area contributed by atoms with E-state index < -0.39 is 23.7 Å². The van der Waals surface area contributed by atoms with E-state index in [1.165, 1.54) is 35.4 Å². The Hall–Kier alpha value is -3.38. The van der Waals surface area contributed by atoms with Crippen molar-refractivity contribution >= 4 is 40.8 Å². The van der Waals surface area contributed by atoms with Gasteiger partial charge in [-0.3, -0.25) is 4.79 Å². The number of hydrogen-bond donors (Lipinski definition) is 4. The molecule has 4 N–H and O–H groups in total. The van der Waals surface area contributed by atoms with Crippen LogP contribution in [0.5, 0.6) is 5.75 Å². The van der Waals surface area contributed by atoms with Crippen LogP contribution >= 0.6 is 11.6 Å². The van der Waals surface area contributed by atoms with Gasteiger partial charge in [-0.2, -0.15) is 0 Å². The molecule has 194 valence electrons. The summed E-state index contributed by atoms with van der Waals surface area (Å²) in [6.45, 7) is 1.82. The predicted octanol–water partition coefficient (Wildman–Crippen LogP) is 3.63. The number of benzene rings is 1. The number of aliphatic hydroxyl groups excluding tert-OH is 1. The standard InChI is InChI=1S/C23H26ClF2N5O5/c24-23(25,26)36-18-3-1-15(2-4-18)29-21(33)14-11-19(20(27-12-14)31-10-7-17(32)13-31)28-16-5-8-30(9-6-16)22(34)35/h1-4,11-12,16-17,28,32H,5-10,13H2,(H,29,33)(H,34,35). The second-order valence-corrected chi connectivity index (χ2v) is 9.14. The van der Waals surface area contributed by atoms with E-state index in [0.717, 1.165) is 0 Å². The summed E-state index contributed by atoms with van der Waals surface area (Å²) >= 11 is 4.76. The molecular formula is C23H26ClF2N5O5. The Labute approximate surface area is 210 Å². The Morgan fingerprint density at radius 1 is 1.14 bits per heavy atom. The highest BCUT2D eigenvalue weighted by molar-refractivity contribution is 6.20. The summed E-state index contributed by atoms with van der Waals surface area (Å²) < 4.78 is 29.8. The molecule has 2 aromatic rings. The zero-order valence-electron chi connectivity index (χ0n) is 19.2. The number of nitrogens with one attached hydrogen (secondary N) is 2. The van der Waals surface area contributed by atoms with Gasteiger partial charge in [0.25, 0.3) is 5.91 Å². The van der Waals surface area contributed by atoms with Crippen LogP contribution < -0.4 is 20.3 Å². The minimum absolute atomic E-state index is 0.0143. The van der Waals surface area contributed by atoms with Crippen molar-refractivity contribution < 1.29 is 33.3 Å². The van der Waals surface area contributed by atoms with Crippen LogP contribution in [-0.2, 0) is 0 Å². The van der Waals surface area contributed by atoms with Crippen molar-refractivity contribution in [3.8, 4) is 5.75 Å². The Kier molecular flexibility index (Phi) is 7.65. The number of pyridine rings is 1. The fourth-order valence-corrected chi connectivity index (χ4v) is 4.34. The largest absolute Gasteiger partial charge is 0.487 e. The molecule has 2 saturated heterocycles. The Balaban J connectivity index is 1.49.